The van der Waals surface area contributed by atoms with E-state index in [1.165, 1.54) is 42.1 Å². The normalized spacial score (nSPS) is 20.1. The molecule has 2 aromatic carbocycles. The number of amides is 2. The van der Waals surface area contributed by atoms with Gasteiger partial charge in [-0.05, 0) is 60.7 Å². The van der Waals surface area contributed by atoms with Gasteiger partial charge in [-0.25, -0.2) is 4.39 Å². The highest BCUT2D eigenvalue weighted by Gasteiger charge is 2.37. The Labute approximate surface area is 187 Å². The number of thioether (sulfide) groups is 1. The summed E-state index contributed by atoms with van der Waals surface area (Å²) >= 11 is 1.34. The minimum absolute atomic E-state index is 0.0813. The minimum Gasteiger partial charge on any atom is -0.339 e. The van der Waals surface area contributed by atoms with Gasteiger partial charge in [0.1, 0.15) is 11.2 Å². The molecule has 0 aromatic heterocycles. The van der Waals surface area contributed by atoms with Crippen molar-refractivity contribution >= 4 is 23.6 Å². The van der Waals surface area contributed by atoms with Gasteiger partial charge in [-0.1, -0.05) is 12.1 Å². The fourth-order valence-electron chi connectivity index (χ4n) is 4.17. The lowest BCUT2D eigenvalue weighted by atomic mass is 9.95. The number of alkyl halides is 3. The smallest absolute Gasteiger partial charge is 0.339 e. The molecule has 4 rings (SSSR count). The van der Waals surface area contributed by atoms with Gasteiger partial charge in [-0.2, -0.15) is 13.2 Å². The summed E-state index contributed by atoms with van der Waals surface area (Å²) in [7, 11) is 0. The van der Waals surface area contributed by atoms with Gasteiger partial charge in [0, 0.05) is 25.2 Å². The third kappa shape index (κ3) is 4.92. The molecule has 0 saturated carbocycles. The number of hydrogen-bond acceptors (Lipinski definition) is 3. The Morgan fingerprint density at radius 1 is 1.06 bits per heavy atom. The van der Waals surface area contributed by atoms with Crippen molar-refractivity contribution in [2.45, 2.75) is 24.4 Å². The highest BCUT2D eigenvalue weighted by Crippen LogP contribution is 2.41. The zero-order chi connectivity index (χ0) is 22.9. The first-order chi connectivity index (χ1) is 15.2. The van der Waals surface area contributed by atoms with Crippen LogP contribution in [0.1, 0.15) is 39.7 Å². The largest absolute Gasteiger partial charge is 0.416 e. The van der Waals surface area contributed by atoms with E-state index < -0.39 is 22.9 Å². The fraction of sp³-hybridized carbons (Fsp3) is 0.391. The topological polar surface area (TPSA) is 40.6 Å². The Morgan fingerprint density at radius 2 is 1.75 bits per heavy atom. The number of benzene rings is 2. The number of likely N-dealkylation sites (tertiary alicyclic amines) is 1. The number of nitrogens with zero attached hydrogens (tertiary/aromatic N) is 2. The molecule has 0 radical (unpaired) electrons. The number of carbonyl (C=O) groups is 2. The van der Waals surface area contributed by atoms with Gasteiger partial charge in [0.2, 0.25) is 5.91 Å². The van der Waals surface area contributed by atoms with Crippen molar-refractivity contribution in [3.05, 3.63) is 71.0 Å². The zero-order valence-corrected chi connectivity index (χ0v) is 18.0. The Morgan fingerprint density at radius 3 is 2.41 bits per heavy atom. The number of piperidine rings is 1. The summed E-state index contributed by atoms with van der Waals surface area (Å²) in [5.41, 5.74) is 0.183. The highest BCUT2D eigenvalue weighted by atomic mass is 32.2. The molecule has 9 heteroatoms. The third-order valence-corrected chi connectivity index (χ3v) is 7.17. The Balaban J connectivity index is 1.39. The molecule has 4 nitrogen and oxygen atoms in total. The van der Waals surface area contributed by atoms with Gasteiger partial charge in [-0.15, -0.1) is 11.8 Å². The summed E-state index contributed by atoms with van der Waals surface area (Å²) in [6.07, 6.45) is -3.05. The number of halogens is 4. The molecule has 1 atom stereocenters. The van der Waals surface area contributed by atoms with Crippen molar-refractivity contribution in [2.75, 3.05) is 25.4 Å². The van der Waals surface area contributed by atoms with E-state index in [2.05, 4.69) is 0 Å². The molecule has 2 fully saturated rings. The van der Waals surface area contributed by atoms with Gasteiger partial charge in [0.15, 0.2) is 0 Å². The van der Waals surface area contributed by atoms with Crippen molar-refractivity contribution in [3.63, 3.8) is 0 Å². The van der Waals surface area contributed by atoms with E-state index in [4.69, 9.17) is 0 Å². The van der Waals surface area contributed by atoms with Crippen LogP contribution in [0.5, 0.6) is 0 Å². The molecule has 0 spiro atoms. The molecule has 2 aromatic rings. The first-order valence-corrected chi connectivity index (χ1v) is 11.4. The van der Waals surface area contributed by atoms with E-state index in [9.17, 15) is 27.2 Å². The van der Waals surface area contributed by atoms with Crippen LogP contribution in [0.15, 0.2) is 48.5 Å². The third-order valence-electron chi connectivity index (χ3n) is 5.92. The average molecular weight is 467 g/mol. The predicted molar refractivity (Wildman–Crippen MR) is 113 cm³/mol. The molecule has 2 heterocycles. The van der Waals surface area contributed by atoms with Crippen molar-refractivity contribution < 1.29 is 27.2 Å². The van der Waals surface area contributed by atoms with Crippen LogP contribution in [0.4, 0.5) is 17.6 Å². The van der Waals surface area contributed by atoms with Crippen molar-refractivity contribution in [1.82, 2.24) is 9.80 Å². The molecule has 2 aliphatic rings. The summed E-state index contributed by atoms with van der Waals surface area (Å²) < 4.78 is 52.4. The molecular formula is C23H22F4N2O2S. The van der Waals surface area contributed by atoms with Crippen LogP contribution in [0.25, 0.3) is 0 Å². The van der Waals surface area contributed by atoms with Gasteiger partial charge < -0.3 is 9.80 Å². The molecule has 0 N–H and O–H groups in total. The second kappa shape index (κ2) is 9.13. The average Bonchev–Trinajstić information content (AvgIpc) is 3.14. The van der Waals surface area contributed by atoms with Crippen LogP contribution in [-0.2, 0) is 11.0 Å². The minimum atomic E-state index is -4.43. The van der Waals surface area contributed by atoms with Crippen LogP contribution >= 0.6 is 11.8 Å². The quantitative estimate of drug-likeness (QED) is 0.598. The van der Waals surface area contributed by atoms with Gasteiger partial charge in [0.25, 0.3) is 5.91 Å². The van der Waals surface area contributed by atoms with Crippen LogP contribution < -0.4 is 0 Å². The molecule has 2 amide bonds. The molecule has 2 aliphatic heterocycles. The Bertz CT molecular complexity index is 988. The first kappa shape index (κ1) is 22.6. The maximum absolute atomic E-state index is 13.1. The molecule has 1 unspecified atom stereocenters. The van der Waals surface area contributed by atoms with E-state index in [0.29, 0.717) is 43.6 Å². The van der Waals surface area contributed by atoms with Gasteiger partial charge in [-0.3, -0.25) is 9.59 Å². The Hall–Kier alpha value is -2.55. The van der Waals surface area contributed by atoms with E-state index in [0.717, 1.165) is 12.1 Å². The second-order valence-corrected chi connectivity index (χ2v) is 9.14. The van der Waals surface area contributed by atoms with Crippen molar-refractivity contribution in [3.8, 4) is 0 Å². The lowest BCUT2D eigenvalue weighted by molar-refractivity contribution is -0.137. The maximum Gasteiger partial charge on any atom is 0.416 e. The maximum atomic E-state index is 13.1. The van der Waals surface area contributed by atoms with Crippen molar-refractivity contribution in [2.24, 2.45) is 5.92 Å². The number of carbonyl (C=O) groups excluding carboxylic acids is 2. The lowest BCUT2D eigenvalue weighted by Gasteiger charge is -2.35. The van der Waals surface area contributed by atoms with Gasteiger partial charge >= 0.3 is 6.18 Å². The standard InChI is InChI=1S/C23H22F4N2O2S/c24-19-6-4-16(5-7-19)21(31)28-10-8-15(9-11-28)13-29-20(30)14-32-22(29)17-2-1-3-18(12-17)23(25,26)27/h1-7,12,15,22H,8-11,13-14H2. The predicted octanol–water partition coefficient (Wildman–Crippen LogP) is 4.97. The molecule has 0 aliphatic carbocycles. The summed E-state index contributed by atoms with van der Waals surface area (Å²) in [5.74, 6) is -0.240. The molecular weight excluding hydrogens is 444 g/mol. The SMILES string of the molecule is O=C(c1ccc(F)cc1)N1CCC(CN2C(=O)CSC2c2cccc(C(F)(F)F)c2)CC1. The lowest BCUT2D eigenvalue weighted by Crippen LogP contribution is -2.42. The Kier molecular flexibility index (Phi) is 6.46. The van der Waals surface area contributed by atoms with E-state index in [1.807, 2.05) is 0 Å². The summed E-state index contributed by atoms with van der Waals surface area (Å²) in [4.78, 5) is 28.5. The van der Waals surface area contributed by atoms with Crippen LogP contribution in [0.2, 0.25) is 0 Å². The summed E-state index contributed by atoms with van der Waals surface area (Å²) in [6, 6.07) is 10.6. The highest BCUT2D eigenvalue weighted by molar-refractivity contribution is 8.00. The first-order valence-electron chi connectivity index (χ1n) is 10.4. The van der Waals surface area contributed by atoms with E-state index in [1.54, 1.807) is 15.9 Å². The van der Waals surface area contributed by atoms with Crippen molar-refractivity contribution in [1.29, 1.82) is 0 Å². The van der Waals surface area contributed by atoms with E-state index >= 15 is 0 Å². The van der Waals surface area contributed by atoms with Crippen LogP contribution in [-0.4, -0.2) is 47.0 Å². The van der Waals surface area contributed by atoms with Crippen LogP contribution in [0, 0.1) is 11.7 Å². The zero-order valence-electron chi connectivity index (χ0n) is 17.1. The van der Waals surface area contributed by atoms with Gasteiger partial charge in [0.05, 0.1) is 11.3 Å². The van der Waals surface area contributed by atoms with E-state index in [-0.39, 0.29) is 23.5 Å². The molecule has 170 valence electrons. The fourth-order valence-corrected chi connectivity index (χ4v) is 5.36. The molecule has 2 saturated heterocycles. The summed E-state index contributed by atoms with van der Waals surface area (Å²) in [6.45, 7) is 1.49. The van der Waals surface area contributed by atoms with Crippen LogP contribution in [0.3, 0.4) is 0 Å². The second-order valence-electron chi connectivity index (χ2n) is 8.08. The molecule has 32 heavy (non-hydrogen) atoms. The molecule has 0 bridgehead atoms. The monoisotopic (exact) mass is 466 g/mol. The number of rotatable bonds is 4. The summed E-state index contributed by atoms with van der Waals surface area (Å²) in [5, 5.41) is -0.441. The number of hydrogen-bond donors (Lipinski definition) is 0.